The van der Waals surface area contributed by atoms with Gasteiger partial charge in [0.2, 0.25) is 0 Å². The van der Waals surface area contributed by atoms with E-state index in [-0.39, 0.29) is 24.1 Å². The average Bonchev–Trinajstić information content (AvgIpc) is 2.60. The van der Waals surface area contributed by atoms with Crippen molar-refractivity contribution in [2.24, 2.45) is 11.8 Å². The van der Waals surface area contributed by atoms with E-state index in [4.69, 9.17) is 9.47 Å². The number of ether oxygens (including phenoxy) is 2. The summed E-state index contributed by atoms with van der Waals surface area (Å²) < 4.78 is 10.4. The molecule has 0 aliphatic carbocycles. The molecule has 0 aromatic carbocycles. The summed E-state index contributed by atoms with van der Waals surface area (Å²) >= 11 is 0. The maximum atomic E-state index is 11.1. The van der Waals surface area contributed by atoms with Gasteiger partial charge in [-0.3, -0.25) is 4.79 Å². The number of fused-ring (bicyclic) bond motifs is 5. The Morgan fingerprint density at radius 1 is 1.36 bits per heavy atom. The summed E-state index contributed by atoms with van der Waals surface area (Å²) in [7, 11) is 0. The summed E-state index contributed by atoms with van der Waals surface area (Å²) in [5.74, 6) is 0.231. The van der Waals surface area contributed by atoms with Crippen LogP contribution in [0, 0.1) is 11.8 Å². The van der Waals surface area contributed by atoms with Gasteiger partial charge in [-0.15, -0.1) is 0 Å². The number of rotatable bonds is 0. The van der Waals surface area contributed by atoms with Gasteiger partial charge in [-0.2, -0.15) is 0 Å². The lowest BCUT2D eigenvalue weighted by atomic mass is 9.86. The van der Waals surface area contributed by atoms with Gasteiger partial charge in [0, 0.05) is 5.92 Å². The fourth-order valence-electron chi connectivity index (χ4n) is 2.17. The molecule has 0 spiro atoms. The SMILES string of the molecule is O=C1OC[C@@H]2[C@@H]1[C@@H]1C=C[C@@H]2O1. The van der Waals surface area contributed by atoms with E-state index in [1.807, 2.05) is 12.2 Å². The highest BCUT2D eigenvalue weighted by Crippen LogP contribution is 2.42. The van der Waals surface area contributed by atoms with Crippen LogP contribution in [0.25, 0.3) is 0 Å². The maximum absolute atomic E-state index is 11.1. The molecular formula is C8H8O3. The van der Waals surface area contributed by atoms with Crippen molar-refractivity contribution in [1.29, 1.82) is 0 Å². The predicted octanol–water partition coefficient (Wildman–Crippen LogP) is 0.113. The van der Waals surface area contributed by atoms with Crippen molar-refractivity contribution in [3.63, 3.8) is 0 Å². The van der Waals surface area contributed by atoms with Crippen LogP contribution in [-0.4, -0.2) is 24.8 Å². The molecule has 4 atom stereocenters. The van der Waals surface area contributed by atoms with E-state index in [1.54, 1.807) is 0 Å². The van der Waals surface area contributed by atoms with E-state index in [1.165, 1.54) is 0 Å². The molecule has 0 amide bonds. The summed E-state index contributed by atoms with van der Waals surface area (Å²) in [6, 6.07) is 0. The van der Waals surface area contributed by atoms with Crippen molar-refractivity contribution in [3.8, 4) is 0 Å². The van der Waals surface area contributed by atoms with Crippen molar-refractivity contribution in [1.82, 2.24) is 0 Å². The van der Waals surface area contributed by atoms with Crippen LogP contribution < -0.4 is 0 Å². The molecule has 0 aromatic heterocycles. The highest BCUT2D eigenvalue weighted by atomic mass is 16.6. The zero-order valence-electron chi connectivity index (χ0n) is 5.90. The molecule has 3 aliphatic rings. The molecular weight excluding hydrogens is 144 g/mol. The molecule has 2 saturated heterocycles. The van der Waals surface area contributed by atoms with Crippen LogP contribution in [0.4, 0.5) is 0 Å². The Labute approximate surface area is 64.0 Å². The molecule has 11 heavy (non-hydrogen) atoms. The Bertz CT molecular complexity index is 246. The number of cyclic esters (lactones) is 1. The first-order valence-electron chi connectivity index (χ1n) is 3.87. The number of carbonyl (C=O) groups excluding carboxylic acids is 1. The largest absolute Gasteiger partial charge is 0.465 e. The van der Waals surface area contributed by atoms with Gasteiger partial charge in [-0.25, -0.2) is 0 Å². The molecule has 3 heterocycles. The van der Waals surface area contributed by atoms with Gasteiger partial charge >= 0.3 is 5.97 Å². The van der Waals surface area contributed by atoms with Crippen LogP contribution in [0.1, 0.15) is 0 Å². The van der Waals surface area contributed by atoms with E-state index in [0.29, 0.717) is 12.5 Å². The minimum absolute atomic E-state index is 0.00463. The second-order valence-electron chi connectivity index (χ2n) is 3.27. The highest BCUT2D eigenvalue weighted by Gasteiger charge is 2.54. The third-order valence-electron chi connectivity index (χ3n) is 2.73. The minimum atomic E-state index is -0.0770. The molecule has 3 aliphatic heterocycles. The number of hydrogen-bond donors (Lipinski definition) is 0. The highest BCUT2D eigenvalue weighted by molar-refractivity contribution is 5.77. The lowest BCUT2D eigenvalue weighted by Gasteiger charge is -2.09. The molecule has 2 fully saturated rings. The number of esters is 1. The van der Waals surface area contributed by atoms with Crippen molar-refractivity contribution in [3.05, 3.63) is 12.2 Å². The van der Waals surface area contributed by atoms with Gasteiger partial charge in [0.15, 0.2) is 0 Å². The predicted molar refractivity (Wildman–Crippen MR) is 35.7 cm³/mol. The van der Waals surface area contributed by atoms with Crippen LogP contribution in [0.3, 0.4) is 0 Å². The number of carbonyl (C=O) groups is 1. The quantitative estimate of drug-likeness (QED) is 0.365. The Kier molecular flexibility index (Phi) is 0.874. The lowest BCUT2D eigenvalue weighted by Crippen LogP contribution is -2.24. The van der Waals surface area contributed by atoms with E-state index in [9.17, 15) is 4.79 Å². The topological polar surface area (TPSA) is 35.5 Å². The van der Waals surface area contributed by atoms with Gasteiger partial charge in [-0.05, 0) is 0 Å². The lowest BCUT2D eigenvalue weighted by molar-refractivity contribution is -0.143. The fourth-order valence-corrected chi connectivity index (χ4v) is 2.17. The average molecular weight is 152 g/mol. The summed E-state index contributed by atoms with van der Waals surface area (Å²) in [6.45, 7) is 0.551. The first kappa shape index (κ1) is 5.77. The smallest absolute Gasteiger partial charge is 0.312 e. The summed E-state index contributed by atoms with van der Waals surface area (Å²) in [5, 5.41) is 0. The molecule has 0 unspecified atom stereocenters. The van der Waals surface area contributed by atoms with Gasteiger partial charge < -0.3 is 9.47 Å². The Morgan fingerprint density at radius 3 is 3.00 bits per heavy atom. The normalized spacial score (nSPS) is 51.5. The molecule has 3 rings (SSSR count). The van der Waals surface area contributed by atoms with Crippen molar-refractivity contribution in [2.75, 3.05) is 6.61 Å². The first-order chi connectivity index (χ1) is 5.36. The van der Waals surface area contributed by atoms with Crippen LogP contribution in [0.5, 0.6) is 0 Å². The second kappa shape index (κ2) is 1.67. The Hall–Kier alpha value is -0.830. The number of hydrogen-bond acceptors (Lipinski definition) is 3. The summed E-state index contributed by atoms with van der Waals surface area (Å²) in [5.41, 5.74) is 0. The molecule has 58 valence electrons. The summed E-state index contributed by atoms with van der Waals surface area (Å²) in [4.78, 5) is 11.1. The van der Waals surface area contributed by atoms with Gasteiger partial charge in [-0.1, -0.05) is 12.2 Å². The van der Waals surface area contributed by atoms with Crippen LogP contribution >= 0.6 is 0 Å². The standard InChI is InChI=1S/C8H8O3/c9-8-7-4(3-10-8)5-1-2-6(7)11-5/h1-2,4-7H,3H2/t4-,5-,6-,7+/m0/s1. The zero-order valence-corrected chi connectivity index (χ0v) is 5.90. The third-order valence-corrected chi connectivity index (χ3v) is 2.73. The fraction of sp³-hybridized carbons (Fsp3) is 0.625. The van der Waals surface area contributed by atoms with Crippen molar-refractivity contribution in [2.45, 2.75) is 12.2 Å². The van der Waals surface area contributed by atoms with Gasteiger partial charge in [0.1, 0.15) is 0 Å². The molecule has 0 radical (unpaired) electrons. The maximum Gasteiger partial charge on any atom is 0.312 e. The van der Waals surface area contributed by atoms with Crippen LogP contribution in [-0.2, 0) is 14.3 Å². The Balaban J connectivity index is 2.03. The molecule has 0 saturated carbocycles. The summed E-state index contributed by atoms with van der Waals surface area (Å²) in [6.07, 6.45) is 4.17. The van der Waals surface area contributed by atoms with Crippen LogP contribution in [0.2, 0.25) is 0 Å². The van der Waals surface area contributed by atoms with Crippen LogP contribution in [0.15, 0.2) is 12.2 Å². The molecule has 0 aromatic rings. The van der Waals surface area contributed by atoms with Gasteiger partial charge in [0.05, 0.1) is 24.7 Å². The molecule has 3 nitrogen and oxygen atoms in total. The van der Waals surface area contributed by atoms with E-state index >= 15 is 0 Å². The molecule has 2 bridgehead atoms. The first-order valence-corrected chi connectivity index (χ1v) is 3.87. The van der Waals surface area contributed by atoms with E-state index in [2.05, 4.69) is 0 Å². The second-order valence-corrected chi connectivity index (χ2v) is 3.27. The van der Waals surface area contributed by atoms with Gasteiger partial charge in [0.25, 0.3) is 0 Å². The molecule has 0 N–H and O–H groups in total. The molecule has 3 heteroatoms. The zero-order chi connectivity index (χ0) is 7.42. The monoisotopic (exact) mass is 152 g/mol. The third kappa shape index (κ3) is 0.554. The minimum Gasteiger partial charge on any atom is -0.465 e. The Morgan fingerprint density at radius 2 is 2.18 bits per heavy atom. The van der Waals surface area contributed by atoms with Crippen molar-refractivity contribution >= 4 is 5.97 Å². The van der Waals surface area contributed by atoms with E-state index < -0.39 is 0 Å². The van der Waals surface area contributed by atoms with E-state index in [0.717, 1.165) is 0 Å². The van der Waals surface area contributed by atoms with Crippen molar-refractivity contribution < 1.29 is 14.3 Å².